The molecular formula is C15H25FN2O. The molecule has 0 unspecified atom stereocenters. The van der Waals surface area contributed by atoms with Gasteiger partial charge in [-0.25, -0.2) is 4.39 Å². The second kappa shape index (κ2) is 9.89. The molecular weight excluding hydrogens is 243 g/mol. The van der Waals surface area contributed by atoms with Gasteiger partial charge >= 0.3 is 0 Å². The van der Waals surface area contributed by atoms with Crippen molar-refractivity contribution in [1.82, 2.24) is 10.2 Å². The van der Waals surface area contributed by atoms with Gasteiger partial charge in [0.25, 0.3) is 0 Å². The van der Waals surface area contributed by atoms with E-state index < -0.39 is 0 Å². The van der Waals surface area contributed by atoms with Gasteiger partial charge in [0.05, 0.1) is 13.2 Å². The van der Waals surface area contributed by atoms with Gasteiger partial charge in [0.2, 0.25) is 0 Å². The molecule has 0 aliphatic heterocycles. The smallest absolute Gasteiger partial charge is 0.128 e. The SMILES string of the molecule is CCN(CC)CCNCCOCc1ccccc1F. The Hall–Kier alpha value is -0.970. The van der Waals surface area contributed by atoms with E-state index in [-0.39, 0.29) is 5.82 Å². The second-order valence-electron chi connectivity index (χ2n) is 4.42. The molecule has 0 aliphatic carbocycles. The van der Waals surface area contributed by atoms with Gasteiger partial charge in [-0.15, -0.1) is 0 Å². The Bertz CT molecular complexity index is 343. The van der Waals surface area contributed by atoms with Crippen LogP contribution in [0.1, 0.15) is 19.4 Å². The lowest BCUT2D eigenvalue weighted by Gasteiger charge is -2.17. The maximum absolute atomic E-state index is 13.3. The molecule has 0 amide bonds. The molecule has 0 aliphatic rings. The summed E-state index contributed by atoms with van der Waals surface area (Å²) in [5.41, 5.74) is 0.616. The number of benzene rings is 1. The highest BCUT2D eigenvalue weighted by Gasteiger charge is 2.00. The largest absolute Gasteiger partial charge is 0.375 e. The minimum atomic E-state index is -0.197. The quantitative estimate of drug-likeness (QED) is 0.659. The van der Waals surface area contributed by atoms with E-state index in [1.54, 1.807) is 12.1 Å². The molecule has 0 spiro atoms. The van der Waals surface area contributed by atoms with Crippen molar-refractivity contribution < 1.29 is 9.13 Å². The van der Waals surface area contributed by atoms with Gasteiger partial charge in [-0.05, 0) is 19.2 Å². The van der Waals surface area contributed by atoms with E-state index >= 15 is 0 Å². The van der Waals surface area contributed by atoms with Crippen LogP contribution in [0.25, 0.3) is 0 Å². The van der Waals surface area contributed by atoms with E-state index in [1.807, 2.05) is 6.07 Å². The van der Waals surface area contributed by atoms with E-state index in [4.69, 9.17) is 4.74 Å². The molecule has 0 heterocycles. The first-order chi connectivity index (χ1) is 9.27. The van der Waals surface area contributed by atoms with Crippen molar-refractivity contribution in [1.29, 1.82) is 0 Å². The van der Waals surface area contributed by atoms with Gasteiger partial charge in [0.1, 0.15) is 5.82 Å². The Morgan fingerprint density at radius 1 is 1.16 bits per heavy atom. The Morgan fingerprint density at radius 3 is 2.58 bits per heavy atom. The summed E-state index contributed by atoms with van der Waals surface area (Å²) >= 11 is 0. The number of ether oxygens (including phenoxy) is 1. The lowest BCUT2D eigenvalue weighted by molar-refractivity contribution is 0.120. The fourth-order valence-electron chi connectivity index (χ4n) is 1.84. The molecule has 1 aromatic carbocycles. The lowest BCUT2D eigenvalue weighted by Crippen LogP contribution is -2.33. The molecule has 1 rings (SSSR count). The number of hydrogen-bond acceptors (Lipinski definition) is 3. The fourth-order valence-corrected chi connectivity index (χ4v) is 1.84. The number of nitrogens with zero attached hydrogens (tertiary/aromatic N) is 1. The summed E-state index contributed by atoms with van der Waals surface area (Å²) < 4.78 is 18.7. The van der Waals surface area contributed by atoms with Gasteiger partial charge in [-0.1, -0.05) is 32.0 Å². The van der Waals surface area contributed by atoms with Crippen LogP contribution in [0.2, 0.25) is 0 Å². The summed E-state index contributed by atoms with van der Waals surface area (Å²) in [6.07, 6.45) is 0. The van der Waals surface area contributed by atoms with E-state index in [0.717, 1.165) is 32.7 Å². The third kappa shape index (κ3) is 6.66. The first-order valence-corrected chi connectivity index (χ1v) is 7.02. The number of hydrogen-bond donors (Lipinski definition) is 1. The van der Waals surface area contributed by atoms with Gasteiger partial charge in [0.15, 0.2) is 0 Å². The molecule has 0 aromatic heterocycles. The zero-order valence-corrected chi connectivity index (χ0v) is 12.0. The van der Waals surface area contributed by atoms with Gasteiger partial charge < -0.3 is 15.0 Å². The Balaban J connectivity index is 2.01. The maximum atomic E-state index is 13.3. The molecule has 1 N–H and O–H groups in total. The van der Waals surface area contributed by atoms with Crippen LogP contribution < -0.4 is 5.32 Å². The van der Waals surface area contributed by atoms with Crippen molar-refractivity contribution in [2.75, 3.05) is 39.3 Å². The van der Waals surface area contributed by atoms with Crippen LogP contribution in [0.5, 0.6) is 0 Å². The monoisotopic (exact) mass is 268 g/mol. The van der Waals surface area contributed by atoms with Gasteiger partial charge in [0, 0.05) is 25.2 Å². The topological polar surface area (TPSA) is 24.5 Å². The minimum absolute atomic E-state index is 0.197. The predicted octanol–water partition coefficient (Wildman–Crippen LogP) is 2.27. The fraction of sp³-hybridized carbons (Fsp3) is 0.600. The van der Waals surface area contributed by atoms with Gasteiger partial charge in [-0.2, -0.15) is 0 Å². The van der Waals surface area contributed by atoms with E-state index in [9.17, 15) is 4.39 Å². The summed E-state index contributed by atoms with van der Waals surface area (Å²) in [6.45, 7) is 10.3. The molecule has 108 valence electrons. The van der Waals surface area contributed by atoms with Crippen LogP contribution in [0.3, 0.4) is 0 Å². The Labute approximate surface area is 115 Å². The minimum Gasteiger partial charge on any atom is -0.375 e. The normalized spacial score (nSPS) is 11.2. The number of likely N-dealkylation sites (N-methyl/N-ethyl adjacent to an activating group) is 1. The van der Waals surface area contributed by atoms with Crippen LogP contribution >= 0.6 is 0 Å². The maximum Gasteiger partial charge on any atom is 0.128 e. The average Bonchev–Trinajstić information content (AvgIpc) is 2.44. The number of rotatable bonds is 10. The van der Waals surface area contributed by atoms with Crippen LogP contribution in [-0.4, -0.2) is 44.2 Å². The predicted molar refractivity (Wildman–Crippen MR) is 76.7 cm³/mol. The first kappa shape index (κ1) is 16.1. The summed E-state index contributed by atoms with van der Waals surface area (Å²) in [5, 5.41) is 3.32. The van der Waals surface area contributed by atoms with Gasteiger partial charge in [-0.3, -0.25) is 0 Å². The Kier molecular flexibility index (Phi) is 8.38. The van der Waals surface area contributed by atoms with E-state index in [0.29, 0.717) is 18.8 Å². The Morgan fingerprint density at radius 2 is 1.89 bits per heavy atom. The standard InChI is InChI=1S/C15H25FN2O/c1-3-18(4-2)11-9-17-10-12-19-13-14-7-5-6-8-15(14)16/h5-8,17H,3-4,9-13H2,1-2H3. The molecule has 0 fully saturated rings. The van der Waals surface area contributed by atoms with Crippen molar-refractivity contribution in [2.24, 2.45) is 0 Å². The molecule has 4 heteroatoms. The van der Waals surface area contributed by atoms with Crippen LogP contribution in [0.4, 0.5) is 4.39 Å². The summed E-state index contributed by atoms with van der Waals surface area (Å²) in [4.78, 5) is 2.37. The second-order valence-corrected chi connectivity index (χ2v) is 4.42. The van der Waals surface area contributed by atoms with Crippen molar-refractivity contribution in [3.8, 4) is 0 Å². The van der Waals surface area contributed by atoms with Crippen LogP contribution in [-0.2, 0) is 11.3 Å². The van der Waals surface area contributed by atoms with Crippen molar-refractivity contribution >= 4 is 0 Å². The summed E-state index contributed by atoms with van der Waals surface area (Å²) in [6, 6.07) is 6.72. The molecule has 0 saturated heterocycles. The molecule has 19 heavy (non-hydrogen) atoms. The molecule has 0 bridgehead atoms. The van der Waals surface area contributed by atoms with E-state index in [2.05, 4.69) is 24.1 Å². The van der Waals surface area contributed by atoms with E-state index in [1.165, 1.54) is 6.07 Å². The third-order valence-electron chi connectivity index (χ3n) is 3.14. The molecule has 1 aromatic rings. The van der Waals surface area contributed by atoms with Crippen LogP contribution in [0, 0.1) is 5.82 Å². The van der Waals surface area contributed by atoms with Crippen LogP contribution in [0.15, 0.2) is 24.3 Å². The number of halogens is 1. The first-order valence-electron chi connectivity index (χ1n) is 7.02. The molecule has 0 atom stereocenters. The highest BCUT2D eigenvalue weighted by atomic mass is 19.1. The van der Waals surface area contributed by atoms with Crippen molar-refractivity contribution in [3.05, 3.63) is 35.6 Å². The zero-order chi connectivity index (χ0) is 13.9. The zero-order valence-electron chi connectivity index (χ0n) is 12.0. The molecule has 0 saturated carbocycles. The molecule has 0 radical (unpaired) electrons. The third-order valence-corrected chi connectivity index (χ3v) is 3.14. The van der Waals surface area contributed by atoms with Crippen molar-refractivity contribution in [2.45, 2.75) is 20.5 Å². The molecule has 3 nitrogen and oxygen atoms in total. The van der Waals surface area contributed by atoms with Crippen molar-refractivity contribution in [3.63, 3.8) is 0 Å². The number of nitrogens with one attached hydrogen (secondary N) is 1. The average molecular weight is 268 g/mol. The highest BCUT2D eigenvalue weighted by molar-refractivity contribution is 5.16. The highest BCUT2D eigenvalue weighted by Crippen LogP contribution is 2.06. The summed E-state index contributed by atoms with van der Waals surface area (Å²) in [5.74, 6) is -0.197. The summed E-state index contributed by atoms with van der Waals surface area (Å²) in [7, 11) is 0. The lowest BCUT2D eigenvalue weighted by atomic mass is 10.2.